The van der Waals surface area contributed by atoms with Crippen LogP contribution in [0.4, 0.5) is 5.69 Å². The molecule has 0 saturated carbocycles. The Labute approximate surface area is 197 Å². The molecule has 0 aliphatic rings. The van der Waals surface area contributed by atoms with Crippen LogP contribution >= 0.6 is 0 Å². The maximum atomic E-state index is 13.6. The number of aryl methyl sites for hydroxylation is 5. The van der Waals surface area contributed by atoms with Crippen LogP contribution < -0.4 is 9.62 Å². The predicted molar refractivity (Wildman–Crippen MR) is 134 cm³/mol. The second-order valence-electron chi connectivity index (χ2n) is 8.76. The van der Waals surface area contributed by atoms with E-state index < -0.39 is 10.0 Å². The maximum absolute atomic E-state index is 13.6. The number of rotatable bonds is 7. The van der Waals surface area contributed by atoms with Crippen LogP contribution in [-0.4, -0.2) is 20.9 Å². The van der Waals surface area contributed by atoms with Crippen molar-refractivity contribution in [2.75, 3.05) is 10.8 Å². The highest BCUT2D eigenvalue weighted by molar-refractivity contribution is 7.92. The van der Waals surface area contributed by atoms with Gasteiger partial charge in [-0.1, -0.05) is 53.6 Å². The summed E-state index contributed by atoms with van der Waals surface area (Å²) in [6.07, 6.45) is 0. The largest absolute Gasteiger partial charge is 0.348 e. The molecule has 0 bridgehead atoms. The monoisotopic (exact) mass is 464 g/mol. The van der Waals surface area contributed by atoms with Gasteiger partial charge < -0.3 is 5.32 Å². The number of amides is 1. The molecule has 5 nitrogen and oxygen atoms in total. The molecule has 1 amide bonds. The number of carbonyl (C=O) groups is 1. The van der Waals surface area contributed by atoms with Gasteiger partial charge in [-0.05, 0) is 82.0 Å². The van der Waals surface area contributed by atoms with Gasteiger partial charge in [0.15, 0.2) is 0 Å². The third-order valence-electron chi connectivity index (χ3n) is 5.80. The Bertz CT molecular complexity index is 1270. The molecule has 6 heteroatoms. The van der Waals surface area contributed by atoms with Crippen molar-refractivity contribution in [1.82, 2.24) is 5.32 Å². The first kappa shape index (κ1) is 24.5. The number of sulfonamides is 1. The lowest BCUT2D eigenvalue weighted by molar-refractivity contribution is -0.120. The van der Waals surface area contributed by atoms with Gasteiger partial charge in [-0.15, -0.1) is 0 Å². The third-order valence-corrected chi connectivity index (χ3v) is 7.57. The van der Waals surface area contributed by atoms with E-state index in [1.165, 1.54) is 4.31 Å². The van der Waals surface area contributed by atoms with Gasteiger partial charge >= 0.3 is 0 Å². The molecule has 0 saturated heterocycles. The molecular formula is C27H32N2O3S. The number of carbonyl (C=O) groups excluding carboxylic acids is 1. The second kappa shape index (κ2) is 9.79. The van der Waals surface area contributed by atoms with Gasteiger partial charge in [-0.2, -0.15) is 0 Å². The molecule has 0 aliphatic heterocycles. The van der Waals surface area contributed by atoms with Crippen molar-refractivity contribution < 1.29 is 13.2 Å². The summed E-state index contributed by atoms with van der Waals surface area (Å²) < 4.78 is 28.5. The smallest absolute Gasteiger partial charge is 0.264 e. The summed E-state index contributed by atoms with van der Waals surface area (Å²) in [4.78, 5) is 13.3. The van der Waals surface area contributed by atoms with Crippen LogP contribution in [0.2, 0.25) is 0 Å². The van der Waals surface area contributed by atoms with Crippen LogP contribution in [0.15, 0.2) is 65.6 Å². The van der Waals surface area contributed by atoms with Crippen LogP contribution in [-0.2, 0) is 14.8 Å². The van der Waals surface area contributed by atoms with Gasteiger partial charge in [-0.3, -0.25) is 9.10 Å². The highest BCUT2D eigenvalue weighted by Crippen LogP contribution is 2.28. The lowest BCUT2D eigenvalue weighted by Gasteiger charge is -2.27. The molecule has 0 unspecified atom stereocenters. The first-order chi connectivity index (χ1) is 15.5. The predicted octanol–water partition coefficient (Wildman–Crippen LogP) is 5.30. The number of anilines is 1. The highest BCUT2D eigenvalue weighted by Gasteiger charge is 2.29. The van der Waals surface area contributed by atoms with E-state index in [2.05, 4.69) is 11.4 Å². The molecule has 3 rings (SSSR count). The lowest BCUT2D eigenvalue weighted by atomic mass is 10.0. The Balaban J connectivity index is 1.95. The Morgan fingerprint density at radius 2 is 1.39 bits per heavy atom. The van der Waals surface area contributed by atoms with E-state index in [-0.39, 0.29) is 23.4 Å². The van der Waals surface area contributed by atoms with Gasteiger partial charge in [-0.25, -0.2) is 8.42 Å². The van der Waals surface area contributed by atoms with Crippen molar-refractivity contribution in [3.63, 3.8) is 0 Å². The first-order valence-electron chi connectivity index (χ1n) is 11.0. The van der Waals surface area contributed by atoms with Gasteiger partial charge in [0, 0.05) is 0 Å². The Hall–Kier alpha value is -3.12. The summed E-state index contributed by atoms with van der Waals surface area (Å²) in [6.45, 7) is 11.3. The summed E-state index contributed by atoms with van der Waals surface area (Å²) in [5.41, 5.74) is 6.42. The average Bonchev–Trinajstić information content (AvgIpc) is 2.74. The Morgan fingerprint density at radius 3 is 2.03 bits per heavy atom. The molecule has 33 heavy (non-hydrogen) atoms. The van der Waals surface area contributed by atoms with E-state index in [0.717, 1.165) is 33.4 Å². The number of nitrogens with zero attached hydrogens (tertiary/aromatic N) is 1. The minimum atomic E-state index is -3.95. The molecule has 0 spiro atoms. The average molecular weight is 465 g/mol. The molecule has 174 valence electrons. The molecule has 0 aliphatic carbocycles. The summed E-state index contributed by atoms with van der Waals surface area (Å²) in [7, 11) is -3.95. The molecule has 3 aromatic carbocycles. The van der Waals surface area contributed by atoms with E-state index >= 15 is 0 Å². The summed E-state index contributed by atoms with van der Waals surface area (Å²) in [6, 6.07) is 18.1. The number of benzene rings is 3. The van der Waals surface area contributed by atoms with E-state index in [9.17, 15) is 13.2 Å². The summed E-state index contributed by atoms with van der Waals surface area (Å²) >= 11 is 0. The minimum absolute atomic E-state index is 0.157. The zero-order valence-corrected chi connectivity index (χ0v) is 21.0. The van der Waals surface area contributed by atoms with E-state index in [0.29, 0.717) is 5.69 Å². The van der Waals surface area contributed by atoms with Gasteiger partial charge in [0.05, 0.1) is 16.6 Å². The fourth-order valence-corrected chi connectivity index (χ4v) is 5.41. The standard InChI is InChI=1S/C27H32N2O3S/c1-18-8-12-24(13-9-18)33(31,32)29(26-16-20(3)7-11-21(26)4)17-27(30)28-23(6)25-14-10-19(2)15-22(25)5/h7-16,23H,17H2,1-6H3,(H,28,30)/t23-/m0/s1. The minimum Gasteiger partial charge on any atom is -0.348 e. The Kier molecular flexibility index (Phi) is 7.28. The molecule has 1 atom stereocenters. The number of hydrogen-bond acceptors (Lipinski definition) is 3. The van der Waals surface area contributed by atoms with Crippen LogP contribution in [0.1, 0.15) is 46.3 Å². The van der Waals surface area contributed by atoms with Crippen LogP contribution in [0.3, 0.4) is 0 Å². The maximum Gasteiger partial charge on any atom is 0.264 e. The summed E-state index contributed by atoms with van der Waals surface area (Å²) in [5.74, 6) is -0.362. The van der Waals surface area contributed by atoms with Crippen LogP contribution in [0.5, 0.6) is 0 Å². The zero-order chi connectivity index (χ0) is 24.3. The van der Waals surface area contributed by atoms with Crippen molar-refractivity contribution in [1.29, 1.82) is 0 Å². The molecule has 1 N–H and O–H groups in total. The Morgan fingerprint density at radius 1 is 0.818 bits per heavy atom. The number of nitrogens with one attached hydrogen (secondary N) is 1. The quantitative estimate of drug-likeness (QED) is 0.516. The van der Waals surface area contributed by atoms with Crippen LogP contribution in [0.25, 0.3) is 0 Å². The van der Waals surface area contributed by atoms with Gasteiger partial charge in [0.25, 0.3) is 10.0 Å². The van der Waals surface area contributed by atoms with Crippen molar-refractivity contribution >= 4 is 21.6 Å². The zero-order valence-electron chi connectivity index (χ0n) is 20.1. The van der Waals surface area contributed by atoms with E-state index in [1.54, 1.807) is 24.3 Å². The fourth-order valence-electron chi connectivity index (χ4n) is 3.93. The molecule has 0 radical (unpaired) electrons. The molecule has 0 heterocycles. The van der Waals surface area contributed by atoms with Crippen LogP contribution in [0, 0.1) is 34.6 Å². The lowest BCUT2D eigenvalue weighted by Crippen LogP contribution is -2.42. The second-order valence-corrected chi connectivity index (χ2v) is 10.6. The molecule has 3 aromatic rings. The number of hydrogen-bond donors (Lipinski definition) is 1. The summed E-state index contributed by atoms with van der Waals surface area (Å²) in [5, 5.41) is 2.98. The van der Waals surface area contributed by atoms with Crippen molar-refractivity contribution in [3.05, 3.63) is 94.0 Å². The molecular weight excluding hydrogens is 432 g/mol. The van der Waals surface area contributed by atoms with Crippen molar-refractivity contribution in [2.24, 2.45) is 0 Å². The fraction of sp³-hybridized carbons (Fsp3) is 0.296. The normalized spacial score (nSPS) is 12.3. The van der Waals surface area contributed by atoms with Crippen molar-refractivity contribution in [3.8, 4) is 0 Å². The molecule has 0 aromatic heterocycles. The van der Waals surface area contributed by atoms with Gasteiger partial charge in [0.2, 0.25) is 5.91 Å². The van der Waals surface area contributed by atoms with Gasteiger partial charge in [0.1, 0.15) is 6.54 Å². The van der Waals surface area contributed by atoms with Crippen molar-refractivity contribution in [2.45, 2.75) is 52.5 Å². The first-order valence-corrected chi connectivity index (χ1v) is 12.5. The van der Waals surface area contributed by atoms with E-state index in [1.807, 2.05) is 71.9 Å². The SMILES string of the molecule is Cc1ccc(S(=O)(=O)N(CC(=O)N[C@@H](C)c2ccc(C)cc2C)c2cc(C)ccc2C)cc1. The molecule has 0 fully saturated rings. The topological polar surface area (TPSA) is 66.5 Å². The highest BCUT2D eigenvalue weighted by atomic mass is 32.2. The third kappa shape index (κ3) is 5.63. The van der Waals surface area contributed by atoms with E-state index in [4.69, 9.17) is 0 Å².